The molecule has 2 aliphatic carbocycles. The van der Waals surface area contributed by atoms with Crippen LogP contribution in [0.15, 0.2) is 94.6 Å². The zero-order valence-corrected chi connectivity index (χ0v) is 25.2. The molecule has 8 heteroatoms. The number of allylic oxidation sites excluding steroid dienone is 3. The van der Waals surface area contributed by atoms with E-state index in [1.165, 1.54) is 10.5 Å². The fourth-order valence-electron chi connectivity index (χ4n) is 4.97. The molecule has 0 bridgehead atoms. The number of carbonyl (C=O) groups excluding carboxylic acids is 2. The van der Waals surface area contributed by atoms with Crippen LogP contribution in [0.25, 0.3) is 28.1 Å². The van der Waals surface area contributed by atoms with Gasteiger partial charge in [-0.05, 0) is 58.1 Å². The van der Waals surface area contributed by atoms with Crippen molar-refractivity contribution in [2.24, 2.45) is 5.73 Å². The highest BCUT2D eigenvalue weighted by Gasteiger charge is 2.26. The minimum Gasteiger partial charge on any atom is -0.459 e. The Morgan fingerprint density at radius 3 is 2.28 bits per heavy atom. The van der Waals surface area contributed by atoms with Gasteiger partial charge in [0.1, 0.15) is 12.1 Å². The Kier molecular flexibility index (Phi) is 8.87. The van der Waals surface area contributed by atoms with Crippen LogP contribution in [0, 0.1) is 6.92 Å². The smallest absolute Gasteiger partial charge is 0.326 e. The zero-order chi connectivity index (χ0) is 30.6. The summed E-state index contributed by atoms with van der Waals surface area (Å²) in [7, 11) is 0. The van der Waals surface area contributed by atoms with E-state index in [1.807, 2.05) is 57.2 Å². The highest BCUT2D eigenvalue weighted by molar-refractivity contribution is 5.98. The highest BCUT2D eigenvalue weighted by atomic mass is 16.6. The predicted molar refractivity (Wildman–Crippen MR) is 167 cm³/mol. The SMILES string of the molecule is Cc1ccc(-c2ccc(-c3noc(C4=CC=C(CN(CC(=O)OC(C)(C)C)C(=O)C5=CCC(N)C=C5)CC4)n3)cc2)cc1. The molecule has 2 aliphatic rings. The first-order valence-corrected chi connectivity index (χ1v) is 14.6. The summed E-state index contributed by atoms with van der Waals surface area (Å²) in [5.74, 6) is 0.336. The van der Waals surface area contributed by atoms with E-state index in [9.17, 15) is 9.59 Å². The Morgan fingerprint density at radius 2 is 1.67 bits per heavy atom. The number of amides is 1. The minimum absolute atomic E-state index is 0.108. The lowest BCUT2D eigenvalue weighted by atomic mass is 9.97. The molecule has 2 aromatic carbocycles. The van der Waals surface area contributed by atoms with Gasteiger partial charge in [0.2, 0.25) is 5.82 Å². The molecule has 0 radical (unpaired) electrons. The molecule has 0 aliphatic heterocycles. The van der Waals surface area contributed by atoms with Crippen molar-refractivity contribution >= 4 is 17.4 Å². The van der Waals surface area contributed by atoms with Crippen LogP contribution >= 0.6 is 0 Å². The van der Waals surface area contributed by atoms with Crippen LogP contribution in [0.1, 0.15) is 51.5 Å². The third-order valence-electron chi connectivity index (χ3n) is 7.27. The molecule has 1 aromatic heterocycles. The van der Waals surface area contributed by atoms with Crippen LogP contribution < -0.4 is 5.73 Å². The van der Waals surface area contributed by atoms with Crippen LogP contribution in [-0.4, -0.2) is 51.6 Å². The second-order valence-corrected chi connectivity index (χ2v) is 12.0. The number of hydrogen-bond acceptors (Lipinski definition) is 7. The topological polar surface area (TPSA) is 112 Å². The Labute approximate surface area is 252 Å². The van der Waals surface area contributed by atoms with Gasteiger partial charge in [-0.1, -0.05) is 95.2 Å². The van der Waals surface area contributed by atoms with Crippen LogP contribution in [-0.2, 0) is 14.3 Å². The molecule has 0 saturated carbocycles. The molecule has 5 rings (SSSR count). The number of esters is 1. The molecule has 43 heavy (non-hydrogen) atoms. The van der Waals surface area contributed by atoms with Gasteiger partial charge >= 0.3 is 5.97 Å². The number of nitrogens with two attached hydrogens (primary N) is 1. The van der Waals surface area contributed by atoms with E-state index in [-0.39, 0.29) is 18.5 Å². The van der Waals surface area contributed by atoms with Gasteiger partial charge in [-0.25, -0.2) is 0 Å². The van der Waals surface area contributed by atoms with Gasteiger partial charge in [0, 0.05) is 29.3 Å². The van der Waals surface area contributed by atoms with E-state index >= 15 is 0 Å². The summed E-state index contributed by atoms with van der Waals surface area (Å²) < 4.78 is 11.1. The van der Waals surface area contributed by atoms with Gasteiger partial charge in [-0.2, -0.15) is 4.98 Å². The standard InChI is InChI=1S/C35H38N4O4/c1-23-5-9-25(10-6-23)26-13-15-27(16-14-26)32-37-33(43-38-32)28-11-7-24(8-12-28)21-39(22-31(40)42-35(2,3)4)34(41)29-17-19-30(36)20-18-29/h5-7,9-11,13-19,30H,8,12,20-22,36H2,1-4H3. The quantitative estimate of drug-likeness (QED) is 0.317. The Morgan fingerprint density at radius 1 is 1.00 bits per heavy atom. The molecular formula is C35H38N4O4. The van der Waals surface area contributed by atoms with Gasteiger partial charge in [-0.15, -0.1) is 0 Å². The summed E-state index contributed by atoms with van der Waals surface area (Å²) in [5.41, 5.74) is 12.2. The van der Waals surface area contributed by atoms with E-state index in [0.717, 1.165) is 27.8 Å². The first kappa shape index (κ1) is 29.9. The van der Waals surface area contributed by atoms with Gasteiger partial charge in [-0.3, -0.25) is 9.59 Å². The highest BCUT2D eigenvalue weighted by Crippen LogP contribution is 2.29. The van der Waals surface area contributed by atoms with Crippen molar-refractivity contribution in [3.8, 4) is 22.5 Å². The number of carbonyl (C=O) groups is 2. The molecule has 0 spiro atoms. The molecule has 3 aromatic rings. The van der Waals surface area contributed by atoms with Crippen molar-refractivity contribution in [3.63, 3.8) is 0 Å². The van der Waals surface area contributed by atoms with Crippen molar-refractivity contribution in [2.45, 2.75) is 58.6 Å². The lowest BCUT2D eigenvalue weighted by molar-refractivity contribution is -0.158. The number of nitrogens with zero attached hydrogens (tertiary/aromatic N) is 3. The monoisotopic (exact) mass is 578 g/mol. The summed E-state index contributed by atoms with van der Waals surface area (Å²) in [5, 5.41) is 4.21. The van der Waals surface area contributed by atoms with Crippen LogP contribution in [0.3, 0.4) is 0 Å². The normalized spacial score (nSPS) is 16.7. The van der Waals surface area contributed by atoms with Gasteiger partial charge in [0.05, 0.1) is 0 Å². The van der Waals surface area contributed by atoms with Gasteiger partial charge < -0.3 is 19.9 Å². The lowest BCUT2D eigenvalue weighted by Crippen LogP contribution is -2.40. The number of aryl methyl sites for hydroxylation is 1. The van der Waals surface area contributed by atoms with E-state index in [2.05, 4.69) is 53.5 Å². The van der Waals surface area contributed by atoms with E-state index in [0.29, 0.717) is 43.1 Å². The van der Waals surface area contributed by atoms with Crippen LogP contribution in [0.5, 0.6) is 0 Å². The fourth-order valence-corrected chi connectivity index (χ4v) is 4.97. The van der Waals surface area contributed by atoms with E-state index in [1.54, 1.807) is 6.08 Å². The molecule has 8 nitrogen and oxygen atoms in total. The van der Waals surface area contributed by atoms with Gasteiger partial charge in [0.15, 0.2) is 0 Å². The molecule has 1 atom stereocenters. The maximum atomic E-state index is 13.4. The van der Waals surface area contributed by atoms with E-state index < -0.39 is 11.6 Å². The molecule has 1 heterocycles. The maximum Gasteiger partial charge on any atom is 0.326 e. The molecule has 0 fully saturated rings. The number of ether oxygens (including phenoxy) is 1. The first-order chi connectivity index (χ1) is 20.5. The number of rotatable bonds is 8. The molecular weight excluding hydrogens is 540 g/mol. The predicted octanol–water partition coefficient (Wildman–Crippen LogP) is 6.20. The number of hydrogen-bond donors (Lipinski definition) is 1. The first-order valence-electron chi connectivity index (χ1n) is 14.6. The molecule has 1 unspecified atom stereocenters. The van der Waals surface area contributed by atoms with Crippen molar-refractivity contribution in [1.29, 1.82) is 0 Å². The summed E-state index contributed by atoms with van der Waals surface area (Å²) in [6, 6.07) is 16.4. The van der Waals surface area contributed by atoms with E-state index in [4.69, 9.17) is 15.0 Å². The molecule has 1 amide bonds. The zero-order valence-electron chi connectivity index (χ0n) is 25.2. The average Bonchev–Trinajstić information content (AvgIpc) is 3.47. The van der Waals surface area contributed by atoms with Crippen LogP contribution in [0.2, 0.25) is 0 Å². The summed E-state index contributed by atoms with van der Waals surface area (Å²) in [6.45, 7) is 7.67. The van der Waals surface area contributed by atoms with Crippen molar-refractivity contribution in [3.05, 3.63) is 102 Å². The summed E-state index contributed by atoms with van der Waals surface area (Å²) >= 11 is 0. The second kappa shape index (κ2) is 12.8. The molecule has 0 saturated heterocycles. The maximum absolute atomic E-state index is 13.4. The number of aromatic nitrogens is 2. The Balaban J connectivity index is 1.28. The molecule has 2 N–H and O–H groups in total. The van der Waals surface area contributed by atoms with Crippen molar-refractivity contribution in [1.82, 2.24) is 15.0 Å². The third-order valence-corrected chi connectivity index (χ3v) is 7.27. The minimum atomic E-state index is -0.642. The largest absolute Gasteiger partial charge is 0.459 e. The summed E-state index contributed by atoms with van der Waals surface area (Å²) in [6.07, 6.45) is 11.2. The van der Waals surface area contributed by atoms with Gasteiger partial charge in [0.25, 0.3) is 11.8 Å². The second-order valence-electron chi connectivity index (χ2n) is 12.0. The Hall–Kier alpha value is -4.56. The van der Waals surface area contributed by atoms with Crippen LogP contribution in [0.4, 0.5) is 0 Å². The summed E-state index contributed by atoms with van der Waals surface area (Å²) in [4.78, 5) is 32.3. The Bertz CT molecular complexity index is 1600. The number of benzene rings is 2. The third kappa shape index (κ3) is 7.84. The molecule has 222 valence electrons. The average molecular weight is 579 g/mol. The lowest BCUT2D eigenvalue weighted by Gasteiger charge is -2.27. The fraction of sp³-hybridized carbons (Fsp3) is 0.314. The van der Waals surface area contributed by atoms with Crippen molar-refractivity contribution in [2.75, 3.05) is 13.1 Å². The van der Waals surface area contributed by atoms with Crippen molar-refractivity contribution < 1.29 is 18.8 Å².